The van der Waals surface area contributed by atoms with Gasteiger partial charge < -0.3 is 20.5 Å². The van der Waals surface area contributed by atoms with Crippen LogP contribution in [-0.2, 0) is 6.54 Å². The van der Waals surface area contributed by atoms with Gasteiger partial charge in [-0.2, -0.15) is 4.98 Å². The van der Waals surface area contributed by atoms with E-state index in [2.05, 4.69) is 20.1 Å². The molecule has 0 atom stereocenters. The van der Waals surface area contributed by atoms with Crippen molar-refractivity contribution >= 4 is 28.4 Å². The summed E-state index contributed by atoms with van der Waals surface area (Å²) in [6.45, 7) is 7.93. The van der Waals surface area contributed by atoms with Gasteiger partial charge in [0.2, 0.25) is 12.7 Å². The van der Waals surface area contributed by atoms with E-state index in [-0.39, 0.29) is 12.7 Å². The van der Waals surface area contributed by atoms with Crippen LogP contribution >= 0.6 is 0 Å². The van der Waals surface area contributed by atoms with Crippen LogP contribution in [0.3, 0.4) is 0 Å². The van der Waals surface area contributed by atoms with Gasteiger partial charge in [0.25, 0.3) is 0 Å². The Morgan fingerprint density at radius 3 is 2.88 bits per heavy atom. The molecule has 0 saturated heterocycles. The van der Waals surface area contributed by atoms with Gasteiger partial charge in [-0.15, -0.1) is 0 Å². The molecule has 3 N–H and O–H groups in total. The van der Waals surface area contributed by atoms with Crippen molar-refractivity contribution in [3.8, 4) is 11.5 Å². The zero-order valence-electron chi connectivity index (χ0n) is 12.6. The summed E-state index contributed by atoms with van der Waals surface area (Å²) in [5.74, 6) is 2.26. The average molecular weight is 319 g/mol. The Bertz CT molecular complexity index is 981. The fourth-order valence-corrected chi connectivity index (χ4v) is 2.58. The molecule has 1 aliphatic heterocycles. The first kappa shape index (κ1) is 14.1. The highest BCUT2D eigenvalue weighted by Gasteiger charge is 2.13. The van der Waals surface area contributed by atoms with E-state index in [1.54, 1.807) is 18.2 Å². The summed E-state index contributed by atoms with van der Waals surface area (Å²) >= 11 is 0. The SMILES string of the molecule is [C-]#[N+]c1ccc2nc(N)nc(NCc3ccc4c(c3)OCO4)c2c1. The highest BCUT2D eigenvalue weighted by molar-refractivity contribution is 5.92. The van der Waals surface area contributed by atoms with E-state index in [1.807, 2.05) is 18.2 Å². The Kier molecular flexibility index (Phi) is 3.28. The van der Waals surface area contributed by atoms with Gasteiger partial charge in [-0.1, -0.05) is 12.1 Å². The molecule has 7 nitrogen and oxygen atoms in total. The molecule has 4 rings (SSSR count). The molecular weight excluding hydrogens is 306 g/mol. The van der Waals surface area contributed by atoms with Gasteiger partial charge in [-0.05, 0) is 29.8 Å². The molecule has 118 valence electrons. The van der Waals surface area contributed by atoms with Crippen molar-refractivity contribution in [3.63, 3.8) is 0 Å². The Morgan fingerprint density at radius 2 is 2.00 bits per heavy atom. The smallest absolute Gasteiger partial charge is 0.231 e. The van der Waals surface area contributed by atoms with Crippen molar-refractivity contribution in [2.45, 2.75) is 6.54 Å². The Labute approximate surface area is 137 Å². The van der Waals surface area contributed by atoms with Crippen molar-refractivity contribution in [1.82, 2.24) is 9.97 Å². The largest absolute Gasteiger partial charge is 0.454 e. The maximum atomic E-state index is 7.15. The molecular formula is C17H13N5O2. The van der Waals surface area contributed by atoms with Crippen LogP contribution < -0.4 is 20.5 Å². The molecule has 2 heterocycles. The molecule has 0 radical (unpaired) electrons. The summed E-state index contributed by atoms with van der Waals surface area (Å²) in [7, 11) is 0. The van der Waals surface area contributed by atoms with E-state index >= 15 is 0 Å². The number of hydrogen-bond donors (Lipinski definition) is 2. The average Bonchev–Trinajstić information content (AvgIpc) is 3.07. The monoisotopic (exact) mass is 319 g/mol. The number of rotatable bonds is 3. The van der Waals surface area contributed by atoms with Crippen LogP contribution in [0.4, 0.5) is 17.5 Å². The van der Waals surface area contributed by atoms with E-state index in [0.29, 0.717) is 23.6 Å². The Hall–Kier alpha value is -3.53. The van der Waals surface area contributed by atoms with Gasteiger partial charge in [-0.25, -0.2) is 9.83 Å². The lowest BCUT2D eigenvalue weighted by molar-refractivity contribution is 0.174. The van der Waals surface area contributed by atoms with Gasteiger partial charge in [0, 0.05) is 11.9 Å². The molecule has 0 aliphatic carbocycles. The third kappa shape index (κ3) is 2.50. The minimum absolute atomic E-state index is 0.186. The van der Waals surface area contributed by atoms with E-state index in [9.17, 15) is 0 Å². The maximum Gasteiger partial charge on any atom is 0.231 e. The molecule has 0 fully saturated rings. The molecule has 7 heteroatoms. The Balaban J connectivity index is 1.65. The summed E-state index contributed by atoms with van der Waals surface area (Å²) in [6, 6.07) is 11.0. The molecule has 0 unspecified atom stereocenters. The number of fused-ring (bicyclic) bond motifs is 2. The van der Waals surface area contributed by atoms with Crippen LogP contribution in [0.2, 0.25) is 0 Å². The molecule has 24 heavy (non-hydrogen) atoms. The number of nitrogens with one attached hydrogen (secondary N) is 1. The van der Waals surface area contributed by atoms with Gasteiger partial charge in [0.15, 0.2) is 17.2 Å². The highest BCUT2D eigenvalue weighted by atomic mass is 16.7. The molecule has 1 aromatic heterocycles. The first-order valence-electron chi connectivity index (χ1n) is 7.30. The lowest BCUT2D eigenvalue weighted by Crippen LogP contribution is -2.05. The van der Waals surface area contributed by atoms with Crippen LogP contribution in [0, 0.1) is 6.57 Å². The zero-order valence-corrected chi connectivity index (χ0v) is 12.6. The normalized spacial score (nSPS) is 12.1. The van der Waals surface area contributed by atoms with E-state index in [0.717, 1.165) is 22.4 Å². The van der Waals surface area contributed by atoms with Gasteiger partial charge in [-0.3, -0.25) is 0 Å². The third-order valence-corrected chi connectivity index (χ3v) is 3.72. The fourth-order valence-electron chi connectivity index (χ4n) is 2.58. The summed E-state index contributed by atoms with van der Waals surface area (Å²) in [5, 5.41) is 4.02. The van der Waals surface area contributed by atoms with Crippen molar-refractivity contribution in [2.75, 3.05) is 17.8 Å². The third-order valence-electron chi connectivity index (χ3n) is 3.72. The van der Waals surface area contributed by atoms with Crippen molar-refractivity contribution in [3.05, 3.63) is 53.4 Å². The van der Waals surface area contributed by atoms with Gasteiger partial charge in [0.05, 0.1) is 12.1 Å². The second-order valence-corrected chi connectivity index (χ2v) is 5.28. The van der Waals surface area contributed by atoms with Crippen LogP contribution in [0.25, 0.3) is 15.7 Å². The second-order valence-electron chi connectivity index (χ2n) is 5.28. The van der Waals surface area contributed by atoms with Gasteiger partial charge in [0.1, 0.15) is 5.82 Å². The number of hydrogen-bond acceptors (Lipinski definition) is 6. The number of ether oxygens (including phenoxy) is 2. The van der Waals surface area contributed by atoms with E-state index in [1.165, 1.54) is 0 Å². The molecule has 0 spiro atoms. The lowest BCUT2D eigenvalue weighted by Gasteiger charge is -2.10. The number of aromatic nitrogens is 2. The van der Waals surface area contributed by atoms with Gasteiger partial charge >= 0.3 is 0 Å². The van der Waals surface area contributed by atoms with Crippen molar-refractivity contribution in [1.29, 1.82) is 0 Å². The highest BCUT2D eigenvalue weighted by Crippen LogP contribution is 2.33. The fraction of sp³-hybridized carbons (Fsp3) is 0.118. The summed E-state index contributed by atoms with van der Waals surface area (Å²) in [5.41, 5.74) is 8.03. The predicted molar refractivity (Wildman–Crippen MR) is 90.1 cm³/mol. The number of benzene rings is 2. The molecule has 0 amide bonds. The second kappa shape index (κ2) is 5.59. The summed E-state index contributed by atoms with van der Waals surface area (Å²) < 4.78 is 10.7. The first-order chi connectivity index (χ1) is 11.7. The zero-order chi connectivity index (χ0) is 16.5. The topological polar surface area (TPSA) is 86.7 Å². The van der Waals surface area contributed by atoms with Crippen LogP contribution in [0.5, 0.6) is 11.5 Å². The molecule has 2 aromatic carbocycles. The van der Waals surface area contributed by atoms with Crippen LogP contribution in [-0.4, -0.2) is 16.8 Å². The lowest BCUT2D eigenvalue weighted by atomic mass is 10.2. The number of nitrogens with two attached hydrogens (primary N) is 1. The number of nitrogens with zero attached hydrogens (tertiary/aromatic N) is 3. The molecule has 1 aliphatic rings. The van der Waals surface area contributed by atoms with Crippen LogP contribution in [0.15, 0.2) is 36.4 Å². The van der Waals surface area contributed by atoms with Crippen molar-refractivity contribution in [2.24, 2.45) is 0 Å². The summed E-state index contributed by atoms with van der Waals surface area (Å²) in [6.07, 6.45) is 0. The van der Waals surface area contributed by atoms with E-state index < -0.39 is 0 Å². The minimum atomic E-state index is 0.186. The molecule has 0 saturated carbocycles. The first-order valence-corrected chi connectivity index (χ1v) is 7.30. The summed E-state index contributed by atoms with van der Waals surface area (Å²) in [4.78, 5) is 11.9. The predicted octanol–water partition coefficient (Wildman–Crippen LogP) is 3.10. The van der Waals surface area contributed by atoms with E-state index in [4.69, 9.17) is 21.8 Å². The number of anilines is 2. The van der Waals surface area contributed by atoms with Crippen molar-refractivity contribution < 1.29 is 9.47 Å². The maximum absolute atomic E-state index is 7.15. The minimum Gasteiger partial charge on any atom is -0.454 e. The van der Waals surface area contributed by atoms with Crippen LogP contribution in [0.1, 0.15) is 5.56 Å². The number of nitrogen functional groups attached to an aromatic ring is 1. The Morgan fingerprint density at radius 1 is 1.12 bits per heavy atom. The molecule has 3 aromatic rings. The standard InChI is InChI=1S/C17H13N5O2/c1-19-11-3-4-13-12(7-11)16(22-17(18)21-13)20-8-10-2-5-14-15(6-10)24-9-23-14/h2-7H,8-9H2,(H3,18,20,21,22). The quantitative estimate of drug-likeness (QED) is 0.721. The molecule has 0 bridgehead atoms.